The first-order chi connectivity index (χ1) is 9.42. The van der Waals surface area contributed by atoms with Crippen molar-refractivity contribution in [3.05, 3.63) is 35.4 Å². The second-order valence-electron chi connectivity index (χ2n) is 5.96. The van der Waals surface area contributed by atoms with Gasteiger partial charge in [-0.1, -0.05) is 40.2 Å². The lowest BCUT2D eigenvalue weighted by molar-refractivity contribution is 0.460. The molecule has 0 aliphatic heterocycles. The van der Waals surface area contributed by atoms with Crippen LogP contribution in [0.2, 0.25) is 0 Å². The minimum absolute atomic E-state index is 0.269. The van der Waals surface area contributed by atoms with Gasteiger partial charge in [0, 0.05) is 4.83 Å². The average Bonchev–Trinajstić information content (AvgIpc) is 2.57. The monoisotopic (exact) mass is 358 g/mol. The number of benzene rings is 1. The third-order valence-electron chi connectivity index (χ3n) is 4.28. The van der Waals surface area contributed by atoms with Gasteiger partial charge in [-0.15, -0.1) is 0 Å². The van der Waals surface area contributed by atoms with Crippen molar-refractivity contribution < 1.29 is 8.42 Å². The predicted molar refractivity (Wildman–Crippen MR) is 88.1 cm³/mol. The molecule has 2 unspecified atom stereocenters. The van der Waals surface area contributed by atoms with Crippen LogP contribution in [0, 0.1) is 5.92 Å². The molecule has 4 heteroatoms. The highest BCUT2D eigenvalue weighted by molar-refractivity contribution is 9.09. The summed E-state index contributed by atoms with van der Waals surface area (Å²) < 4.78 is 24.0. The van der Waals surface area contributed by atoms with E-state index in [0.29, 0.717) is 11.7 Å². The van der Waals surface area contributed by atoms with Crippen LogP contribution in [0.1, 0.15) is 49.1 Å². The third kappa shape index (κ3) is 3.64. The van der Waals surface area contributed by atoms with Crippen LogP contribution in [0.4, 0.5) is 0 Å². The standard InChI is InChI=1S/C16H23BrO2S/c1-12(2)20(18,19)11-10-14-8-5-7-13-6-3-4-9-15(13)16(14)17/h3-4,6,9,12,14,16H,5,7-8,10-11H2,1-2H3. The largest absolute Gasteiger partial charge is 0.229 e. The van der Waals surface area contributed by atoms with Gasteiger partial charge in [-0.05, 0) is 56.6 Å². The first-order valence-corrected chi connectivity index (χ1v) is 9.98. The minimum Gasteiger partial charge on any atom is -0.229 e. The second-order valence-corrected chi connectivity index (χ2v) is 9.62. The molecule has 1 aromatic carbocycles. The summed E-state index contributed by atoms with van der Waals surface area (Å²) in [6, 6.07) is 8.52. The molecule has 0 saturated heterocycles. The summed E-state index contributed by atoms with van der Waals surface area (Å²) in [5, 5.41) is -0.269. The molecule has 112 valence electrons. The Morgan fingerprint density at radius 2 is 2.00 bits per heavy atom. The number of hydrogen-bond donors (Lipinski definition) is 0. The van der Waals surface area contributed by atoms with E-state index in [4.69, 9.17) is 0 Å². The van der Waals surface area contributed by atoms with E-state index in [1.165, 1.54) is 11.1 Å². The Labute approximate surface area is 131 Å². The summed E-state index contributed by atoms with van der Waals surface area (Å²) in [7, 11) is -2.93. The van der Waals surface area contributed by atoms with Crippen molar-refractivity contribution in [2.24, 2.45) is 5.92 Å². The SMILES string of the molecule is CC(C)S(=O)(=O)CCC1CCCc2ccccc2C1Br. The summed E-state index contributed by atoms with van der Waals surface area (Å²) in [5.41, 5.74) is 2.75. The fourth-order valence-corrected chi connectivity index (χ4v) is 4.91. The fourth-order valence-electron chi connectivity index (χ4n) is 2.83. The first-order valence-electron chi connectivity index (χ1n) is 7.35. The normalized spacial score (nSPS) is 23.4. The zero-order valence-electron chi connectivity index (χ0n) is 12.2. The molecule has 0 amide bonds. The van der Waals surface area contributed by atoms with Gasteiger partial charge in [-0.3, -0.25) is 0 Å². The lowest BCUT2D eigenvalue weighted by Gasteiger charge is -2.22. The Morgan fingerprint density at radius 3 is 2.70 bits per heavy atom. The van der Waals surface area contributed by atoms with Gasteiger partial charge in [-0.2, -0.15) is 0 Å². The maximum absolute atomic E-state index is 12.0. The van der Waals surface area contributed by atoms with E-state index in [1.54, 1.807) is 13.8 Å². The smallest absolute Gasteiger partial charge is 0.152 e. The summed E-state index contributed by atoms with van der Waals surface area (Å²) >= 11 is 3.81. The quantitative estimate of drug-likeness (QED) is 0.594. The Balaban J connectivity index is 2.10. The number of aryl methyl sites for hydroxylation is 1. The molecule has 1 aromatic rings. The number of sulfone groups is 1. The highest BCUT2D eigenvalue weighted by Gasteiger charge is 2.27. The van der Waals surface area contributed by atoms with Gasteiger partial charge in [0.15, 0.2) is 9.84 Å². The number of halogens is 1. The van der Waals surface area contributed by atoms with Crippen LogP contribution in [-0.4, -0.2) is 19.4 Å². The van der Waals surface area contributed by atoms with Gasteiger partial charge < -0.3 is 0 Å². The Hall–Kier alpha value is -0.350. The van der Waals surface area contributed by atoms with Gasteiger partial charge in [-0.25, -0.2) is 8.42 Å². The fraction of sp³-hybridized carbons (Fsp3) is 0.625. The number of hydrogen-bond acceptors (Lipinski definition) is 2. The molecule has 0 spiro atoms. The van der Waals surface area contributed by atoms with E-state index in [9.17, 15) is 8.42 Å². The second kappa shape index (κ2) is 6.61. The first kappa shape index (κ1) is 16.0. The highest BCUT2D eigenvalue weighted by Crippen LogP contribution is 2.41. The van der Waals surface area contributed by atoms with Crippen molar-refractivity contribution in [1.82, 2.24) is 0 Å². The van der Waals surface area contributed by atoms with Gasteiger partial charge in [0.25, 0.3) is 0 Å². The van der Waals surface area contributed by atoms with Crippen molar-refractivity contribution in [2.45, 2.75) is 49.6 Å². The number of fused-ring (bicyclic) bond motifs is 1. The molecule has 0 heterocycles. The molecular weight excluding hydrogens is 336 g/mol. The van der Waals surface area contributed by atoms with Gasteiger partial charge in [0.1, 0.15) is 0 Å². The van der Waals surface area contributed by atoms with Crippen LogP contribution in [0.15, 0.2) is 24.3 Å². The molecule has 2 rings (SSSR count). The van der Waals surface area contributed by atoms with Crippen molar-refractivity contribution in [3.63, 3.8) is 0 Å². The van der Waals surface area contributed by atoms with E-state index in [0.717, 1.165) is 25.7 Å². The Morgan fingerprint density at radius 1 is 1.30 bits per heavy atom. The molecule has 0 bridgehead atoms. The summed E-state index contributed by atoms with van der Waals surface area (Å²) in [4.78, 5) is 0.281. The van der Waals surface area contributed by atoms with Crippen LogP contribution in [-0.2, 0) is 16.3 Å². The highest BCUT2D eigenvalue weighted by atomic mass is 79.9. The molecule has 1 aliphatic carbocycles. The van der Waals surface area contributed by atoms with E-state index >= 15 is 0 Å². The van der Waals surface area contributed by atoms with Crippen LogP contribution >= 0.6 is 15.9 Å². The summed E-state index contributed by atoms with van der Waals surface area (Å²) in [6.07, 6.45) is 4.10. The predicted octanol–water partition coefficient (Wildman–Crippen LogP) is 4.29. The van der Waals surface area contributed by atoms with Crippen molar-refractivity contribution >= 4 is 25.8 Å². The number of alkyl halides is 1. The van der Waals surface area contributed by atoms with Gasteiger partial charge in [0.2, 0.25) is 0 Å². The maximum Gasteiger partial charge on any atom is 0.152 e. The Kier molecular flexibility index (Phi) is 5.30. The van der Waals surface area contributed by atoms with Crippen LogP contribution in [0.3, 0.4) is 0 Å². The third-order valence-corrected chi connectivity index (χ3v) is 7.76. The van der Waals surface area contributed by atoms with E-state index in [1.807, 2.05) is 0 Å². The van der Waals surface area contributed by atoms with E-state index < -0.39 is 9.84 Å². The van der Waals surface area contributed by atoms with E-state index in [2.05, 4.69) is 40.2 Å². The summed E-state index contributed by atoms with van der Waals surface area (Å²) in [5.74, 6) is 0.715. The molecule has 0 fully saturated rings. The Bertz CT molecular complexity index is 551. The average molecular weight is 359 g/mol. The van der Waals surface area contributed by atoms with Crippen LogP contribution in [0.25, 0.3) is 0 Å². The molecule has 0 saturated carbocycles. The maximum atomic E-state index is 12.0. The molecule has 1 aliphatic rings. The lowest BCUT2D eigenvalue weighted by atomic mass is 9.94. The van der Waals surface area contributed by atoms with Crippen LogP contribution in [0.5, 0.6) is 0 Å². The minimum atomic E-state index is -2.93. The molecule has 20 heavy (non-hydrogen) atoms. The topological polar surface area (TPSA) is 34.1 Å². The van der Waals surface area contributed by atoms with Gasteiger partial charge in [0.05, 0.1) is 11.0 Å². The van der Waals surface area contributed by atoms with E-state index in [-0.39, 0.29) is 10.1 Å². The van der Waals surface area contributed by atoms with Crippen LogP contribution < -0.4 is 0 Å². The zero-order chi connectivity index (χ0) is 14.8. The van der Waals surface area contributed by atoms with Crippen molar-refractivity contribution in [2.75, 3.05) is 5.75 Å². The van der Waals surface area contributed by atoms with Crippen molar-refractivity contribution in [3.8, 4) is 0 Å². The van der Waals surface area contributed by atoms with Crippen molar-refractivity contribution in [1.29, 1.82) is 0 Å². The zero-order valence-corrected chi connectivity index (χ0v) is 14.6. The van der Waals surface area contributed by atoms with Gasteiger partial charge >= 0.3 is 0 Å². The lowest BCUT2D eigenvalue weighted by Crippen LogP contribution is -2.21. The summed E-state index contributed by atoms with van der Waals surface area (Å²) in [6.45, 7) is 3.53. The molecular formula is C16H23BrO2S. The molecule has 2 atom stereocenters. The molecule has 0 N–H and O–H groups in total. The molecule has 2 nitrogen and oxygen atoms in total. The number of rotatable bonds is 4. The molecule has 0 aromatic heterocycles. The molecule has 0 radical (unpaired) electrons.